The maximum absolute atomic E-state index is 12.7. The molecule has 2 aromatic rings. The van der Waals surface area contributed by atoms with E-state index in [9.17, 15) is 18.0 Å². The fourth-order valence-electron chi connectivity index (χ4n) is 1.71. The second kappa shape index (κ2) is 5.28. The molecule has 0 atom stereocenters. The highest BCUT2D eigenvalue weighted by Gasteiger charge is 2.33. The number of hydrogen-bond donors (Lipinski definition) is 2. The van der Waals surface area contributed by atoms with Gasteiger partial charge in [0.05, 0.1) is 29.0 Å². The van der Waals surface area contributed by atoms with E-state index in [0.29, 0.717) is 0 Å². The van der Waals surface area contributed by atoms with Crippen LogP contribution in [0.25, 0.3) is 11.3 Å². The van der Waals surface area contributed by atoms with E-state index in [1.807, 2.05) is 0 Å². The van der Waals surface area contributed by atoms with Crippen LogP contribution in [-0.4, -0.2) is 28.4 Å². The van der Waals surface area contributed by atoms with Crippen LogP contribution in [0.5, 0.6) is 5.75 Å². The van der Waals surface area contributed by atoms with Crippen LogP contribution >= 0.6 is 11.6 Å². The third-order valence-corrected chi connectivity index (χ3v) is 2.96. The van der Waals surface area contributed by atoms with Crippen molar-refractivity contribution in [2.45, 2.75) is 6.18 Å². The number of nitrogens with one attached hydrogen (secondary N) is 1. The second-order valence-corrected chi connectivity index (χ2v) is 4.41. The largest absolute Gasteiger partial charge is 0.496 e. The number of rotatable bonds is 3. The normalized spacial score (nSPS) is 11.5. The molecule has 0 bridgehead atoms. The molecule has 1 aromatic carbocycles. The summed E-state index contributed by atoms with van der Waals surface area (Å²) in [7, 11) is 1.18. The van der Waals surface area contributed by atoms with Gasteiger partial charge in [-0.15, -0.1) is 0 Å². The molecule has 21 heavy (non-hydrogen) atoms. The number of aromatic carboxylic acids is 1. The van der Waals surface area contributed by atoms with Gasteiger partial charge >= 0.3 is 12.1 Å². The Labute approximate surface area is 121 Å². The zero-order chi connectivity index (χ0) is 15.8. The number of aromatic nitrogens is 2. The Balaban J connectivity index is 2.60. The molecular weight excluding hydrogens is 313 g/mol. The lowest BCUT2D eigenvalue weighted by molar-refractivity contribution is -0.137. The van der Waals surface area contributed by atoms with Gasteiger partial charge in [0.25, 0.3) is 0 Å². The summed E-state index contributed by atoms with van der Waals surface area (Å²) in [6, 6.07) is 2.66. The number of aromatic amines is 1. The first-order chi connectivity index (χ1) is 9.74. The van der Waals surface area contributed by atoms with Gasteiger partial charge in [-0.1, -0.05) is 11.6 Å². The fraction of sp³-hybridized carbons (Fsp3) is 0.167. The predicted octanol–water partition coefficient (Wildman–Crippen LogP) is 3.46. The topological polar surface area (TPSA) is 75.2 Å². The van der Waals surface area contributed by atoms with Crippen molar-refractivity contribution in [1.82, 2.24) is 10.2 Å². The molecule has 0 aliphatic heterocycles. The van der Waals surface area contributed by atoms with Crippen molar-refractivity contribution in [3.8, 4) is 17.0 Å². The zero-order valence-corrected chi connectivity index (χ0v) is 11.2. The van der Waals surface area contributed by atoms with Crippen molar-refractivity contribution >= 4 is 17.6 Å². The zero-order valence-electron chi connectivity index (χ0n) is 10.5. The molecule has 0 spiro atoms. The van der Waals surface area contributed by atoms with Crippen LogP contribution in [0.15, 0.2) is 18.2 Å². The average Bonchev–Trinajstić information content (AvgIpc) is 2.85. The predicted molar refractivity (Wildman–Crippen MR) is 67.5 cm³/mol. The van der Waals surface area contributed by atoms with Crippen molar-refractivity contribution in [2.75, 3.05) is 7.11 Å². The van der Waals surface area contributed by atoms with Gasteiger partial charge in [0.1, 0.15) is 11.4 Å². The molecule has 1 aromatic heterocycles. The summed E-state index contributed by atoms with van der Waals surface area (Å²) < 4.78 is 43.0. The van der Waals surface area contributed by atoms with Gasteiger partial charge in [-0.25, -0.2) is 4.79 Å². The third kappa shape index (κ3) is 2.94. The van der Waals surface area contributed by atoms with Crippen LogP contribution in [0.3, 0.4) is 0 Å². The molecule has 0 saturated heterocycles. The summed E-state index contributed by atoms with van der Waals surface area (Å²) >= 11 is 5.86. The van der Waals surface area contributed by atoms with E-state index in [2.05, 4.69) is 10.2 Å². The second-order valence-electron chi connectivity index (χ2n) is 4.01. The quantitative estimate of drug-likeness (QED) is 0.908. The Kier molecular flexibility index (Phi) is 3.82. The van der Waals surface area contributed by atoms with Gasteiger partial charge < -0.3 is 9.84 Å². The first kappa shape index (κ1) is 15.2. The molecular formula is C12H8ClF3N2O3. The Morgan fingerprint density at radius 3 is 2.52 bits per heavy atom. The molecule has 0 aliphatic rings. The standard InChI is InChI=1S/C12H8ClF3N2O3/c1-21-9-3-5(12(14,15)16)2-6(13)10(9)7-4-8(11(19)20)18-17-7/h2-4H,1H3,(H,17,18)(H,19,20). The molecule has 0 aliphatic carbocycles. The molecule has 0 fully saturated rings. The number of H-pyrrole nitrogens is 1. The number of nitrogens with zero attached hydrogens (tertiary/aromatic N) is 1. The maximum Gasteiger partial charge on any atom is 0.416 e. The molecule has 2 rings (SSSR count). The van der Waals surface area contributed by atoms with Crippen LogP contribution in [0.4, 0.5) is 13.2 Å². The highest BCUT2D eigenvalue weighted by Crippen LogP contribution is 2.41. The lowest BCUT2D eigenvalue weighted by Crippen LogP contribution is -2.06. The van der Waals surface area contributed by atoms with Crippen molar-refractivity contribution < 1.29 is 27.8 Å². The number of benzene rings is 1. The van der Waals surface area contributed by atoms with Gasteiger partial charge in [-0.3, -0.25) is 5.10 Å². The van der Waals surface area contributed by atoms with E-state index in [1.54, 1.807) is 0 Å². The van der Waals surface area contributed by atoms with E-state index in [-0.39, 0.29) is 27.7 Å². The summed E-state index contributed by atoms with van der Waals surface area (Å²) in [4.78, 5) is 10.8. The molecule has 112 valence electrons. The third-order valence-electron chi connectivity index (χ3n) is 2.67. The molecule has 5 nitrogen and oxygen atoms in total. The smallest absolute Gasteiger partial charge is 0.416 e. The van der Waals surface area contributed by atoms with Crippen molar-refractivity contribution in [2.24, 2.45) is 0 Å². The number of carboxylic acids is 1. The minimum absolute atomic E-state index is 0.0722. The average molecular weight is 321 g/mol. The Bertz CT molecular complexity index is 698. The van der Waals surface area contributed by atoms with Gasteiger partial charge in [0.2, 0.25) is 0 Å². The van der Waals surface area contributed by atoms with Crippen LogP contribution in [0.1, 0.15) is 16.1 Å². The van der Waals surface area contributed by atoms with E-state index >= 15 is 0 Å². The van der Waals surface area contributed by atoms with Gasteiger partial charge in [0.15, 0.2) is 0 Å². The van der Waals surface area contributed by atoms with E-state index in [4.69, 9.17) is 21.4 Å². The van der Waals surface area contributed by atoms with Crippen molar-refractivity contribution in [1.29, 1.82) is 0 Å². The minimum atomic E-state index is -4.58. The fourth-order valence-corrected chi connectivity index (χ4v) is 2.02. The number of hydrogen-bond acceptors (Lipinski definition) is 3. The van der Waals surface area contributed by atoms with Gasteiger partial charge in [-0.05, 0) is 18.2 Å². The SMILES string of the molecule is COc1cc(C(F)(F)F)cc(Cl)c1-c1cc(C(=O)O)[nH]n1. The highest BCUT2D eigenvalue weighted by atomic mass is 35.5. The summed E-state index contributed by atoms with van der Waals surface area (Å²) in [5, 5.41) is 14.5. The van der Waals surface area contributed by atoms with Crippen molar-refractivity contribution in [3.05, 3.63) is 34.5 Å². The van der Waals surface area contributed by atoms with Crippen LogP contribution < -0.4 is 4.74 Å². The molecule has 0 unspecified atom stereocenters. The molecule has 2 N–H and O–H groups in total. The van der Waals surface area contributed by atoms with Gasteiger partial charge in [-0.2, -0.15) is 18.3 Å². The summed E-state index contributed by atoms with van der Waals surface area (Å²) in [6.45, 7) is 0. The Morgan fingerprint density at radius 2 is 2.05 bits per heavy atom. The van der Waals surface area contributed by atoms with E-state index in [0.717, 1.165) is 18.2 Å². The minimum Gasteiger partial charge on any atom is -0.496 e. The van der Waals surface area contributed by atoms with E-state index in [1.165, 1.54) is 7.11 Å². The molecule has 0 amide bonds. The molecule has 0 radical (unpaired) electrons. The molecule has 0 saturated carbocycles. The number of methoxy groups -OCH3 is 1. The number of ether oxygens (including phenoxy) is 1. The lowest BCUT2D eigenvalue weighted by atomic mass is 10.1. The maximum atomic E-state index is 12.7. The van der Waals surface area contributed by atoms with Crippen molar-refractivity contribution in [3.63, 3.8) is 0 Å². The number of carboxylic acid groups (broad SMARTS) is 1. The first-order valence-electron chi connectivity index (χ1n) is 5.48. The van der Waals surface area contributed by atoms with Gasteiger partial charge in [0, 0.05) is 0 Å². The van der Waals surface area contributed by atoms with Crippen LogP contribution in [0.2, 0.25) is 5.02 Å². The number of halogens is 4. The Morgan fingerprint density at radius 1 is 1.38 bits per heavy atom. The number of alkyl halides is 3. The summed E-state index contributed by atoms with van der Waals surface area (Å²) in [6.07, 6.45) is -4.58. The van der Waals surface area contributed by atoms with Crippen LogP contribution in [0, 0.1) is 0 Å². The first-order valence-corrected chi connectivity index (χ1v) is 5.85. The molecule has 9 heteroatoms. The Hall–Kier alpha value is -2.22. The summed E-state index contributed by atoms with van der Waals surface area (Å²) in [5.41, 5.74) is -1.04. The molecule has 1 heterocycles. The van der Waals surface area contributed by atoms with Crippen LogP contribution in [-0.2, 0) is 6.18 Å². The summed E-state index contributed by atoms with van der Waals surface area (Å²) in [5.74, 6) is -1.41. The lowest BCUT2D eigenvalue weighted by Gasteiger charge is -2.13. The number of carbonyl (C=O) groups is 1. The van der Waals surface area contributed by atoms with E-state index < -0.39 is 17.7 Å². The highest BCUT2D eigenvalue weighted by molar-refractivity contribution is 6.33. The monoisotopic (exact) mass is 320 g/mol.